The summed E-state index contributed by atoms with van der Waals surface area (Å²) in [6.45, 7) is 2.93. The number of hydrazine groups is 1. The van der Waals surface area contributed by atoms with Crippen molar-refractivity contribution in [1.29, 1.82) is 0 Å². The SMILES string of the molecule is CCC(F)(F)c1cn(-c2ccc(-c3cccc([S+]=O)c3)cc2N(N)/C(=C\N)c2ccc(OC(F)(F)F)cc2)c(C)n1. The molecule has 214 valence electrons. The zero-order valence-corrected chi connectivity index (χ0v) is 22.6. The molecule has 0 radical (unpaired) electrons. The summed E-state index contributed by atoms with van der Waals surface area (Å²) in [6.07, 6.45) is -2.90. The van der Waals surface area contributed by atoms with Gasteiger partial charge in [0.2, 0.25) is 0 Å². The summed E-state index contributed by atoms with van der Waals surface area (Å²) in [7, 11) is 0. The third-order valence-corrected chi connectivity index (χ3v) is 6.71. The Balaban J connectivity index is 1.85. The van der Waals surface area contributed by atoms with Crippen molar-refractivity contribution >= 4 is 23.1 Å². The number of aromatic nitrogens is 2. The molecule has 3 aromatic carbocycles. The second kappa shape index (κ2) is 11.6. The van der Waals surface area contributed by atoms with Crippen LogP contribution in [0.15, 0.2) is 84.0 Å². The number of halogens is 5. The Bertz CT molecular complexity index is 1590. The minimum atomic E-state index is -4.86. The van der Waals surface area contributed by atoms with Crippen LogP contribution in [0.3, 0.4) is 0 Å². The second-order valence-corrected chi connectivity index (χ2v) is 9.55. The topological polar surface area (TPSA) is 99.4 Å². The van der Waals surface area contributed by atoms with Crippen LogP contribution in [0.5, 0.6) is 5.75 Å². The number of nitrogens with two attached hydrogens (primary N) is 2. The van der Waals surface area contributed by atoms with Gasteiger partial charge in [-0.3, -0.25) is 5.01 Å². The number of hydrogen-bond donors (Lipinski definition) is 2. The smallest absolute Gasteiger partial charge is 0.406 e. The first-order valence-electron chi connectivity index (χ1n) is 12.2. The lowest BCUT2D eigenvalue weighted by Crippen LogP contribution is -2.31. The van der Waals surface area contributed by atoms with Crippen LogP contribution in [0.1, 0.15) is 30.4 Å². The summed E-state index contributed by atoms with van der Waals surface area (Å²) in [4.78, 5) is 4.55. The summed E-state index contributed by atoms with van der Waals surface area (Å²) in [6, 6.07) is 16.9. The van der Waals surface area contributed by atoms with Crippen molar-refractivity contribution in [2.75, 3.05) is 5.01 Å². The molecular weight excluding hydrogens is 565 g/mol. The molecule has 7 nitrogen and oxygen atoms in total. The number of ether oxygens (including phenoxy) is 1. The summed E-state index contributed by atoms with van der Waals surface area (Å²) in [5, 5.41) is 1.20. The van der Waals surface area contributed by atoms with E-state index in [1.54, 1.807) is 49.4 Å². The number of hydrogen-bond acceptors (Lipinski definition) is 6. The molecule has 0 atom stereocenters. The molecular formula is C28H25F5N5O2S+. The number of imidazole rings is 1. The molecule has 41 heavy (non-hydrogen) atoms. The lowest BCUT2D eigenvalue weighted by atomic mass is 10.0. The first-order valence-corrected chi connectivity index (χ1v) is 12.9. The maximum absolute atomic E-state index is 14.5. The molecule has 0 fully saturated rings. The first-order chi connectivity index (χ1) is 19.4. The van der Waals surface area contributed by atoms with Crippen molar-refractivity contribution < 1.29 is 30.9 Å². The van der Waals surface area contributed by atoms with Crippen LogP contribution < -0.4 is 21.3 Å². The summed E-state index contributed by atoms with van der Waals surface area (Å²) in [5.41, 5.74) is 8.09. The second-order valence-electron chi connectivity index (χ2n) is 8.91. The van der Waals surface area contributed by atoms with E-state index in [-0.39, 0.29) is 11.5 Å². The van der Waals surface area contributed by atoms with Gasteiger partial charge >= 0.3 is 18.0 Å². The molecule has 0 aliphatic rings. The monoisotopic (exact) mass is 590 g/mol. The minimum absolute atomic E-state index is 0.197. The van der Waals surface area contributed by atoms with Gasteiger partial charge in [0, 0.05) is 40.7 Å². The quantitative estimate of drug-likeness (QED) is 0.0978. The van der Waals surface area contributed by atoms with Crippen LogP contribution in [0.25, 0.3) is 22.5 Å². The molecule has 4 aromatic rings. The van der Waals surface area contributed by atoms with Gasteiger partial charge in [0.05, 0.1) is 17.1 Å². The highest BCUT2D eigenvalue weighted by molar-refractivity contribution is 7.65. The molecule has 0 saturated heterocycles. The fraction of sp³-hybridized carbons (Fsp3) is 0.179. The van der Waals surface area contributed by atoms with Crippen molar-refractivity contribution in [2.24, 2.45) is 11.6 Å². The van der Waals surface area contributed by atoms with Crippen molar-refractivity contribution in [3.63, 3.8) is 0 Å². The predicted molar refractivity (Wildman–Crippen MR) is 146 cm³/mol. The van der Waals surface area contributed by atoms with E-state index in [9.17, 15) is 26.2 Å². The van der Waals surface area contributed by atoms with Crippen LogP contribution in [-0.4, -0.2) is 15.9 Å². The van der Waals surface area contributed by atoms with Crippen LogP contribution >= 0.6 is 0 Å². The number of alkyl halides is 5. The zero-order valence-electron chi connectivity index (χ0n) is 21.8. The molecule has 1 aromatic heterocycles. The maximum Gasteiger partial charge on any atom is 0.573 e. The van der Waals surface area contributed by atoms with E-state index in [0.717, 1.165) is 12.1 Å². The van der Waals surface area contributed by atoms with E-state index < -0.39 is 30.1 Å². The molecule has 0 spiro atoms. The van der Waals surface area contributed by atoms with Gasteiger partial charge in [-0.2, -0.15) is 8.78 Å². The lowest BCUT2D eigenvalue weighted by Gasteiger charge is -2.26. The number of benzene rings is 3. The molecule has 0 aliphatic carbocycles. The normalized spacial score (nSPS) is 12.3. The molecule has 4 rings (SSSR count). The number of anilines is 1. The van der Waals surface area contributed by atoms with Gasteiger partial charge < -0.3 is 15.0 Å². The van der Waals surface area contributed by atoms with Crippen molar-refractivity contribution in [3.05, 3.63) is 96.2 Å². The Morgan fingerprint density at radius 1 is 1.05 bits per heavy atom. The van der Waals surface area contributed by atoms with Crippen LogP contribution in [0.4, 0.5) is 27.6 Å². The average Bonchev–Trinajstić information content (AvgIpc) is 3.35. The summed E-state index contributed by atoms with van der Waals surface area (Å²) in [5.74, 6) is 3.25. The Morgan fingerprint density at radius 2 is 1.73 bits per heavy atom. The molecule has 4 N–H and O–H groups in total. The van der Waals surface area contributed by atoms with E-state index in [1.807, 2.05) is 0 Å². The van der Waals surface area contributed by atoms with E-state index in [1.165, 1.54) is 41.0 Å². The third-order valence-electron chi connectivity index (χ3n) is 6.26. The van der Waals surface area contributed by atoms with Gasteiger partial charge in [-0.1, -0.05) is 25.1 Å². The van der Waals surface area contributed by atoms with E-state index in [4.69, 9.17) is 11.6 Å². The zero-order chi connectivity index (χ0) is 29.9. The average molecular weight is 591 g/mol. The highest BCUT2D eigenvalue weighted by Crippen LogP contribution is 2.37. The van der Waals surface area contributed by atoms with E-state index >= 15 is 0 Å². The van der Waals surface area contributed by atoms with Crippen LogP contribution in [0.2, 0.25) is 0 Å². The van der Waals surface area contributed by atoms with Gasteiger partial charge in [-0.05, 0) is 54.4 Å². The molecule has 13 heteroatoms. The van der Waals surface area contributed by atoms with Gasteiger partial charge in [-0.25, -0.2) is 10.8 Å². The van der Waals surface area contributed by atoms with Gasteiger partial charge in [0.1, 0.15) is 17.3 Å². The Morgan fingerprint density at radius 3 is 2.34 bits per heavy atom. The molecule has 0 aliphatic heterocycles. The largest absolute Gasteiger partial charge is 0.573 e. The standard InChI is InChI=1S/C28H25F5N5O2S/c1-3-27(29,30)26-16-37(17(2)36-26)23-12-9-20(19-5-4-6-22(13-19)41-39)14-24(23)38(35)25(15-34)18-7-10-21(11-8-18)40-28(31,32)33/h4-16H,3,34-35H2,1-2H3/q+1/b25-15-. The van der Waals surface area contributed by atoms with Gasteiger partial charge in [-0.15, -0.1) is 13.2 Å². The van der Waals surface area contributed by atoms with Gasteiger partial charge in [0.15, 0.2) is 0 Å². The van der Waals surface area contributed by atoms with E-state index in [2.05, 4.69) is 9.72 Å². The van der Waals surface area contributed by atoms with Crippen molar-refractivity contribution in [2.45, 2.75) is 37.4 Å². The van der Waals surface area contributed by atoms with Crippen LogP contribution in [-0.2, 0) is 21.8 Å². The Kier molecular flexibility index (Phi) is 8.40. The fourth-order valence-electron chi connectivity index (χ4n) is 4.17. The Hall–Kier alpha value is -4.36. The molecule has 1 heterocycles. The third kappa shape index (κ3) is 6.52. The lowest BCUT2D eigenvalue weighted by molar-refractivity contribution is -0.274. The Labute approximate surface area is 236 Å². The molecule has 0 saturated carbocycles. The first kappa shape index (κ1) is 29.6. The fourth-order valence-corrected chi connectivity index (χ4v) is 4.48. The summed E-state index contributed by atoms with van der Waals surface area (Å²) >= 11 is 0.333. The number of rotatable bonds is 9. The highest BCUT2D eigenvalue weighted by Gasteiger charge is 2.33. The maximum atomic E-state index is 14.5. The minimum Gasteiger partial charge on any atom is -0.406 e. The van der Waals surface area contributed by atoms with Gasteiger partial charge in [0.25, 0.3) is 10.8 Å². The number of nitrogens with zero attached hydrogens (tertiary/aromatic N) is 3. The molecule has 0 amide bonds. The highest BCUT2D eigenvalue weighted by atomic mass is 32.1. The molecule has 0 unspecified atom stereocenters. The number of aryl methyl sites for hydroxylation is 1. The predicted octanol–water partition coefficient (Wildman–Crippen LogP) is 6.67. The van der Waals surface area contributed by atoms with Crippen molar-refractivity contribution in [1.82, 2.24) is 9.55 Å². The van der Waals surface area contributed by atoms with E-state index in [0.29, 0.717) is 44.6 Å². The molecule has 0 bridgehead atoms. The summed E-state index contributed by atoms with van der Waals surface area (Å²) < 4.78 is 83.7. The van der Waals surface area contributed by atoms with Crippen molar-refractivity contribution in [3.8, 4) is 22.6 Å². The van der Waals surface area contributed by atoms with Crippen LogP contribution in [0, 0.1) is 6.92 Å².